The maximum absolute atomic E-state index is 12.5. The molecule has 0 atom stereocenters. The molecule has 3 rings (SSSR count). The SMILES string of the molecule is CCCC(=O)N1CCN(c2ccc(-c3noc(C(F)(F)F)n3)cn2)CC1. The predicted molar refractivity (Wildman–Crippen MR) is 86.2 cm³/mol. The number of rotatable bonds is 4. The maximum Gasteiger partial charge on any atom is 0.471 e. The first-order valence-corrected chi connectivity index (χ1v) is 8.28. The molecule has 1 aliphatic heterocycles. The standard InChI is InChI=1S/C16H18F3N5O2/c1-2-3-13(25)24-8-6-23(7-9-24)12-5-4-11(10-20-12)14-21-15(26-22-14)16(17,18)19/h4-5,10H,2-3,6-9H2,1H3. The average Bonchev–Trinajstić information content (AvgIpc) is 3.13. The molecule has 0 unspecified atom stereocenters. The van der Waals surface area contributed by atoms with E-state index in [-0.39, 0.29) is 11.7 Å². The molecule has 0 bridgehead atoms. The molecule has 10 heteroatoms. The molecule has 3 heterocycles. The zero-order chi connectivity index (χ0) is 18.7. The zero-order valence-corrected chi connectivity index (χ0v) is 14.2. The Bertz CT molecular complexity index is 752. The van der Waals surface area contributed by atoms with Gasteiger partial charge in [-0.05, 0) is 18.6 Å². The van der Waals surface area contributed by atoms with Crippen LogP contribution in [0, 0.1) is 0 Å². The van der Waals surface area contributed by atoms with Crippen LogP contribution in [-0.4, -0.2) is 52.1 Å². The van der Waals surface area contributed by atoms with E-state index in [1.54, 1.807) is 12.1 Å². The van der Waals surface area contributed by atoms with Gasteiger partial charge in [0.15, 0.2) is 0 Å². The quantitative estimate of drug-likeness (QED) is 0.825. The lowest BCUT2D eigenvalue weighted by Crippen LogP contribution is -2.49. The van der Waals surface area contributed by atoms with Crippen LogP contribution in [0.5, 0.6) is 0 Å². The Labute approximate surface area is 147 Å². The molecular weight excluding hydrogens is 351 g/mol. The first-order valence-electron chi connectivity index (χ1n) is 8.28. The van der Waals surface area contributed by atoms with Crippen LogP contribution in [0.25, 0.3) is 11.4 Å². The number of alkyl halides is 3. The number of hydrogen-bond acceptors (Lipinski definition) is 6. The summed E-state index contributed by atoms with van der Waals surface area (Å²) in [5.74, 6) is -0.695. The molecule has 0 N–H and O–H groups in total. The van der Waals surface area contributed by atoms with Crippen LogP contribution < -0.4 is 4.90 Å². The monoisotopic (exact) mass is 369 g/mol. The highest BCUT2D eigenvalue weighted by atomic mass is 19.4. The molecule has 0 spiro atoms. The summed E-state index contributed by atoms with van der Waals surface area (Å²) in [7, 11) is 0. The van der Waals surface area contributed by atoms with Crippen molar-refractivity contribution in [1.29, 1.82) is 0 Å². The molecule has 2 aromatic heterocycles. The van der Waals surface area contributed by atoms with Crippen LogP contribution >= 0.6 is 0 Å². The summed E-state index contributed by atoms with van der Waals surface area (Å²) in [6.07, 6.45) is -1.88. The van der Waals surface area contributed by atoms with E-state index in [9.17, 15) is 18.0 Å². The van der Waals surface area contributed by atoms with E-state index < -0.39 is 12.1 Å². The van der Waals surface area contributed by atoms with Gasteiger partial charge in [0, 0.05) is 44.4 Å². The van der Waals surface area contributed by atoms with Gasteiger partial charge >= 0.3 is 12.1 Å². The van der Waals surface area contributed by atoms with E-state index in [1.165, 1.54) is 6.20 Å². The first kappa shape index (κ1) is 18.2. The van der Waals surface area contributed by atoms with Crippen LogP contribution in [0.1, 0.15) is 25.7 Å². The largest absolute Gasteiger partial charge is 0.471 e. The highest BCUT2D eigenvalue weighted by Gasteiger charge is 2.38. The minimum atomic E-state index is -4.67. The molecule has 0 radical (unpaired) electrons. The van der Waals surface area contributed by atoms with E-state index in [0.29, 0.717) is 44.0 Å². The normalized spacial score (nSPS) is 15.4. The third-order valence-electron chi connectivity index (χ3n) is 4.09. The van der Waals surface area contributed by atoms with Crippen LogP contribution in [0.15, 0.2) is 22.9 Å². The number of hydrogen-bond donors (Lipinski definition) is 0. The van der Waals surface area contributed by atoms with Crippen LogP contribution in [0.3, 0.4) is 0 Å². The van der Waals surface area contributed by atoms with Gasteiger partial charge in [-0.2, -0.15) is 18.2 Å². The van der Waals surface area contributed by atoms with Crippen molar-refractivity contribution in [1.82, 2.24) is 20.0 Å². The van der Waals surface area contributed by atoms with E-state index >= 15 is 0 Å². The van der Waals surface area contributed by atoms with Gasteiger partial charge in [-0.3, -0.25) is 4.79 Å². The van der Waals surface area contributed by atoms with Crippen LogP contribution in [0.4, 0.5) is 19.0 Å². The highest BCUT2D eigenvalue weighted by Crippen LogP contribution is 2.29. The van der Waals surface area contributed by atoms with Crippen LogP contribution in [-0.2, 0) is 11.0 Å². The third kappa shape index (κ3) is 3.94. The second kappa shape index (κ2) is 7.30. The lowest BCUT2D eigenvalue weighted by Gasteiger charge is -2.35. The van der Waals surface area contributed by atoms with Crippen LogP contribution in [0.2, 0.25) is 0 Å². The summed E-state index contributed by atoms with van der Waals surface area (Å²) < 4.78 is 41.8. The number of anilines is 1. The average molecular weight is 369 g/mol. The molecule has 0 saturated carbocycles. The van der Waals surface area contributed by atoms with Crippen molar-refractivity contribution >= 4 is 11.7 Å². The summed E-state index contributed by atoms with van der Waals surface area (Å²) in [5.41, 5.74) is 0.338. The fourth-order valence-electron chi connectivity index (χ4n) is 2.72. The van der Waals surface area contributed by atoms with E-state index in [4.69, 9.17) is 0 Å². The molecular formula is C16H18F3N5O2. The van der Waals surface area contributed by atoms with Gasteiger partial charge in [-0.25, -0.2) is 4.98 Å². The lowest BCUT2D eigenvalue weighted by molar-refractivity contribution is -0.159. The third-order valence-corrected chi connectivity index (χ3v) is 4.09. The number of amides is 1. The summed E-state index contributed by atoms with van der Waals surface area (Å²) in [4.78, 5) is 23.4. The second-order valence-electron chi connectivity index (χ2n) is 5.94. The lowest BCUT2D eigenvalue weighted by atomic mass is 10.2. The summed E-state index contributed by atoms with van der Waals surface area (Å²) in [5, 5.41) is 3.34. The Morgan fingerprint density at radius 2 is 1.96 bits per heavy atom. The first-order chi connectivity index (χ1) is 12.4. The van der Waals surface area contributed by atoms with Crippen molar-refractivity contribution in [3.8, 4) is 11.4 Å². The fraction of sp³-hybridized carbons (Fsp3) is 0.500. The fourth-order valence-corrected chi connectivity index (χ4v) is 2.72. The Morgan fingerprint density at radius 3 is 2.50 bits per heavy atom. The second-order valence-corrected chi connectivity index (χ2v) is 5.94. The molecule has 1 aliphatic rings. The maximum atomic E-state index is 12.5. The Kier molecular flexibility index (Phi) is 5.10. The molecule has 2 aromatic rings. The van der Waals surface area contributed by atoms with Crippen molar-refractivity contribution in [2.24, 2.45) is 0 Å². The number of carbonyl (C=O) groups excluding carboxylic acids is 1. The van der Waals surface area contributed by atoms with Crippen molar-refractivity contribution in [2.75, 3.05) is 31.1 Å². The number of halogens is 3. The van der Waals surface area contributed by atoms with E-state index in [1.807, 2.05) is 16.7 Å². The number of carbonyl (C=O) groups is 1. The summed E-state index contributed by atoms with van der Waals surface area (Å²) in [6.45, 7) is 4.54. The van der Waals surface area contributed by atoms with Gasteiger partial charge in [-0.1, -0.05) is 12.1 Å². The zero-order valence-electron chi connectivity index (χ0n) is 14.2. The molecule has 0 aromatic carbocycles. The molecule has 1 fully saturated rings. The van der Waals surface area contributed by atoms with E-state index in [2.05, 4.69) is 19.6 Å². The summed E-state index contributed by atoms with van der Waals surface area (Å²) >= 11 is 0. The molecule has 7 nitrogen and oxygen atoms in total. The molecule has 0 aliphatic carbocycles. The van der Waals surface area contributed by atoms with Gasteiger partial charge in [0.05, 0.1) is 0 Å². The number of pyridine rings is 1. The van der Waals surface area contributed by atoms with E-state index in [0.717, 1.165) is 6.42 Å². The Balaban J connectivity index is 1.64. The van der Waals surface area contributed by atoms with Gasteiger partial charge < -0.3 is 14.3 Å². The van der Waals surface area contributed by atoms with Crippen molar-refractivity contribution in [2.45, 2.75) is 25.9 Å². The highest BCUT2D eigenvalue weighted by molar-refractivity contribution is 5.76. The van der Waals surface area contributed by atoms with Crippen molar-refractivity contribution in [3.63, 3.8) is 0 Å². The predicted octanol–water partition coefficient (Wildman–Crippen LogP) is 2.60. The van der Waals surface area contributed by atoms with Crippen molar-refractivity contribution in [3.05, 3.63) is 24.2 Å². The topological polar surface area (TPSA) is 75.4 Å². The number of piperazine rings is 1. The van der Waals surface area contributed by atoms with Gasteiger partial charge in [0.2, 0.25) is 11.7 Å². The van der Waals surface area contributed by atoms with Crippen molar-refractivity contribution < 1.29 is 22.5 Å². The Hall–Kier alpha value is -2.65. The minimum Gasteiger partial charge on any atom is -0.353 e. The minimum absolute atomic E-state index is 0.160. The number of aromatic nitrogens is 3. The van der Waals surface area contributed by atoms with Gasteiger partial charge in [0.25, 0.3) is 0 Å². The molecule has 140 valence electrons. The smallest absolute Gasteiger partial charge is 0.353 e. The van der Waals surface area contributed by atoms with Gasteiger partial charge in [0.1, 0.15) is 5.82 Å². The molecule has 1 saturated heterocycles. The molecule has 1 amide bonds. The summed E-state index contributed by atoms with van der Waals surface area (Å²) in [6, 6.07) is 3.30. The molecule has 26 heavy (non-hydrogen) atoms. The Morgan fingerprint density at radius 1 is 1.23 bits per heavy atom. The number of nitrogens with zero attached hydrogens (tertiary/aromatic N) is 5. The van der Waals surface area contributed by atoms with Gasteiger partial charge in [-0.15, -0.1) is 0 Å².